The van der Waals surface area contributed by atoms with E-state index in [1.807, 2.05) is 18.2 Å². The molecular weight excluding hydrogens is 328 g/mol. The summed E-state index contributed by atoms with van der Waals surface area (Å²) in [6.45, 7) is 0. The third-order valence-corrected chi connectivity index (χ3v) is 5.84. The fourth-order valence-electron chi connectivity index (χ4n) is 4.29. The summed E-state index contributed by atoms with van der Waals surface area (Å²) >= 11 is 0. The van der Waals surface area contributed by atoms with Gasteiger partial charge in [0, 0.05) is 12.1 Å². The van der Waals surface area contributed by atoms with E-state index in [0.717, 1.165) is 24.2 Å². The first-order chi connectivity index (χ1) is 12.7. The number of H-pyrrole nitrogens is 1. The second-order valence-electron chi connectivity index (χ2n) is 7.62. The molecule has 0 saturated heterocycles. The van der Waals surface area contributed by atoms with Gasteiger partial charge in [-0.05, 0) is 43.7 Å². The summed E-state index contributed by atoms with van der Waals surface area (Å²) in [5, 5.41) is 20.1. The summed E-state index contributed by atoms with van der Waals surface area (Å²) < 4.78 is 0. The summed E-state index contributed by atoms with van der Waals surface area (Å²) in [6.07, 6.45) is 10.4. The number of nitrogens with one attached hydrogen (secondary N) is 2. The first kappa shape index (κ1) is 17.2. The van der Waals surface area contributed by atoms with Crippen LogP contribution in [0.4, 0.5) is 0 Å². The van der Waals surface area contributed by atoms with Gasteiger partial charge in [-0.25, -0.2) is 0 Å². The van der Waals surface area contributed by atoms with Crippen molar-refractivity contribution in [2.45, 2.75) is 63.0 Å². The number of aromatic nitrogens is 3. The van der Waals surface area contributed by atoms with Crippen LogP contribution in [0.25, 0.3) is 0 Å². The van der Waals surface area contributed by atoms with Crippen molar-refractivity contribution in [3.05, 3.63) is 47.5 Å². The summed E-state index contributed by atoms with van der Waals surface area (Å²) in [5.74, 6) is 0.510. The van der Waals surface area contributed by atoms with Crippen LogP contribution >= 0.6 is 0 Å². The Hall–Kier alpha value is -2.21. The van der Waals surface area contributed by atoms with E-state index in [0.29, 0.717) is 24.3 Å². The maximum atomic E-state index is 13.0. The minimum absolute atomic E-state index is 0.101. The topological polar surface area (TPSA) is 90.9 Å². The van der Waals surface area contributed by atoms with E-state index in [9.17, 15) is 9.90 Å². The number of carbonyl (C=O) groups is 1. The first-order valence-electron chi connectivity index (χ1n) is 9.65. The number of nitrogens with zero attached hydrogens (tertiary/aromatic N) is 2. The second-order valence-corrected chi connectivity index (χ2v) is 7.62. The molecule has 138 valence electrons. The van der Waals surface area contributed by atoms with Crippen molar-refractivity contribution in [2.75, 3.05) is 0 Å². The molecule has 2 heterocycles. The molecule has 2 aliphatic rings. The molecule has 6 heteroatoms. The van der Waals surface area contributed by atoms with Crippen LogP contribution < -0.4 is 5.32 Å². The molecule has 0 radical (unpaired) electrons. The lowest BCUT2D eigenvalue weighted by Gasteiger charge is -2.37. The largest absolute Gasteiger partial charge is 0.393 e. The summed E-state index contributed by atoms with van der Waals surface area (Å²) in [7, 11) is 0. The van der Waals surface area contributed by atoms with Crippen LogP contribution in [0.3, 0.4) is 0 Å². The van der Waals surface area contributed by atoms with Crippen molar-refractivity contribution in [1.29, 1.82) is 0 Å². The zero-order valence-electron chi connectivity index (χ0n) is 14.9. The first-order valence-corrected chi connectivity index (χ1v) is 9.65. The van der Waals surface area contributed by atoms with Gasteiger partial charge in [0.05, 0.1) is 35.3 Å². The van der Waals surface area contributed by atoms with E-state index in [1.54, 1.807) is 12.4 Å². The number of hydrogen-bond acceptors (Lipinski definition) is 4. The minimum Gasteiger partial charge on any atom is -0.393 e. The molecule has 26 heavy (non-hydrogen) atoms. The Morgan fingerprint density at radius 1 is 1.23 bits per heavy atom. The molecule has 0 spiro atoms. The van der Waals surface area contributed by atoms with Gasteiger partial charge in [0.15, 0.2) is 0 Å². The number of pyridine rings is 1. The molecule has 0 bridgehead atoms. The molecule has 3 N–H and O–H groups in total. The second kappa shape index (κ2) is 7.58. The van der Waals surface area contributed by atoms with Crippen molar-refractivity contribution in [1.82, 2.24) is 20.5 Å². The average Bonchev–Trinajstić information content (AvgIpc) is 3.15. The fourth-order valence-corrected chi connectivity index (χ4v) is 4.29. The number of aliphatic hydroxyl groups is 1. The van der Waals surface area contributed by atoms with Crippen LogP contribution in [0.1, 0.15) is 78.7 Å². The van der Waals surface area contributed by atoms with E-state index < -0.39 is 0 Å². The molecule has 4 rings (SSSR count). The zero-order valence-corrected chi connectivity index (χ0v) is 14.9. The van der Waals surface area contributed by atoms with Crippen molar-refractivity contribution >= 4 is 5.91 Å². The highest BCUT2D eigenvalue weighted by atomic mass is 16.3. The maximum absolute atomic E-state index is 13.0. The smallest absolute Gasteiger partial charge is 0.255 e. The Morgan fingerprint density at radius 3 is 2.73 bits per heavy atom. The molecule has 2 saturated carbocycles. The monoisotopic (exact) mass is 354 g/mol. The molecule has 2 aromatic heterocycles. The van der Waals surface area contributed by atoms with Gasteiger partial charge in [0.25, 0.3) is 5.91 Å². The Labute approximate surface area is 153 Å². The van der Waals surface area contributed by atoms with Crippen molar-refractivity contribution in [3.63, 3.8) is 0 Å². The normalized spacial score (nSPS) is 24.7. The van der Waals surface area contributed by atoms with Crippen LogP contribution in [-0.2, 0) is 0 Å². The van der Waals surface area contributed by atoms with E-state index in [2.05, 4.69) is 20.5 Å². The lowest BCUT2D eigenvalue weighted by Crippen LogP contribution is -2.42. The number of carbonyl (C=O) groups excluding carboxylic acids is 1. The lowest BCUT2D eigenvalue weighted by molar-refractivity contribution is 0.0228. The van der Waals surface area contributed by atoms with Gasteiger partial charge in [0.2, 0.25) is 0 Å². The summed E-state index contributed by atoms with van der Waals surface area (Å²) in [4.78, 5) is 17.5. The number of aliphatic hydroxyl groups excluding tert-OH is 1. The van der Waals surface area contributed by atoms with Crippen LogP contribution in [0.2, 0.25) is 0 Å². The molecule has 2 aromatic rings. The predicted molar refractivity (Wildman–Crippen MR) is 97.6 cm³/mol. The number of amides is 1. The Kier molecular flexibility index (Phi) is 5.02. The standard InChI is InChI=1S/C20H26N4O2/c25-15-10-14(11-15)19(17-8-4-5-9-21-17)23-20(26)16-12-22-24-18(16)13-6-2-1-3-7-13/h4-5,8-9,12-15,19,25H,1-3,6-7,10-11H2,(H,22,24)(H,23,26)/t14?,15?,19-/m1/s1. The molecule has 1 amide bonds. The molecule has 2 aliphatic carbocycles. The SMILES string of the molecule is O=C(N[C@@H](c1ccccn1)C1CC(O)C1)c1cn[nH]c1C1CCCCC1. The van der Waals surface area contributed by atoms with Gasteiger partial charge in [-0.2, -0.15) is 5.10 Å². The minimum atomic E-state index is -0.269. The number of aromatic amines is 1. The predicted octanol–water partition coefficient (Wildman–Crippen LogP) is 3.09. The van der Waals surface area contributed by atoms with Gasteiger partial charge in [-0.15, -0.1) is 0 Å². The van der Waals surface area contributed by atoms with E-state index >= 15 is 0 Å². The molecule has 0 aliphatic heterocycles. The van der Waals surface area contributed by atoms with Crippen LogP contribution in [0.15, 0.2) is 30.6 Å². The van der Waals surface area contributed by atoms with E-state index in [1.165, 1.54) is 19.3 Å². The summed E-state index contributed by atoms with van der Waals surface area (Å²) in [6, 6.07) is 5.56. The molecule has 6 nitrogen and oxygen atoms in total. The van der Waals surface area contributed by atoms with Gasteiger partial charge >= 0.3 is 0 Å². The van der Waals surface area contributed by atoms with Gasteiger partial charge in [0.1, 0.15) is 0 Å². The molecule has 1 atom stereocenters. The Morgan fingerprint density at radius 2 is 2.04 bits per heavy atom. The van der Waals surface area contributed by atoms with Crippen molar-refractivity contribution in [2.24, 2.45) is 5.92 Å². The number of rotatable bonds is 5. The molecular formula is C20H26N4O2. The van der Waals surface area contributed by atoms with Gasteiger partial charge in [-0.3, -0.25) is 14.9 Å². The lowest BCUT2D eigenvalue weighted by atomic mass is 9.76. The quantitative estimate of drug-likeness (QED) is 0.769. The third kappa shape index (κ3) is 3.51. The molecule has 0 aromatic carbocycles. The molecule has 0 unspecified atom stereocenters. The zero-order chi connectivity index (χ0) is 17.9. The van der Waals surface area contributed by atoms with Crippen LogP contribution in [0, 0.1) is 5.92 Å². The fraction of sp³-hybridized carbons (Fsp3) is 0.550. The highest BCUT2D eigenvalue weighted by molar-refractivity contribution is 5.95. The van der Waals surface area contributed by atoms with Crippen LogP contribution in [-0.4, -0.2) is 32.3 Å². The third-order valence-electron chi connectivity index (χ3n) is 5.84. The van der Waals surface area contributed by atoms with Crippen molar-refractivity contribution < 1.29 is 9.90 Å². The Bertz CT molecular complexity index is 733. The Balaban J connectivity index is 1.53. The average molecular weight is 354 g/mol. The van der Waals surface area contributed by atoms with E-state index in [-0.39, 0.29) is 24.0 Å². The van der Waals surface area contributed by atoms with E-state index in [4.69, 9.17) is 0 Å². The van der Waals surface area contributed by atoms with Gasteiger partial charge in [-0.1, -0.05) is 25.3 Å². The van der Waals surface area contributed by atoms with Crippen LogP contribution in [0.5, 0.6) is 0 Å². The number of hydrogen-bond donors (Lipinski definition) is 3. The maximum Gasteiger partial charge on any atom is 0.255 e. The van der Waals surface area contributed by atoms with Crippen molar-refractivity contribution in [3.8, 4) is 0 Å². The van der Waals surface area contributed by atoms with Gasteiger partial charge < -0.3 is 10.4 Å². The molecule has 2 fully saturated rings. The highest BCUT2D eigenvalue weighted by Crippen LogP contribution is 2.38. The summed E-state index contributed by atoms with van der Waals surface area (Å²) in [5.41, 5.74) is 2.47. The highest BCUT2D eigenvalue weighted by Gasteiger charge is 2.37.